The second kappa shape index (κ2) is 5.81. The Morgan fingerprint density at radius 2 is 2.29 bits per heavy atom. The third-order valence-electron chi connectivity index (χ3n) is 2.16. The maximum Gasteiger partial charge on any atom is 0.255 e. The van der Waals surface area contributed by atoms with Crippen molar-refractivity contribution in [3.05, 3.63) is 12.0 Å². The molecule has 1 aromatic rings. The Morgan fingerprint density at radius 3 is 2.71 bits per heavy atom. The first-order valence-corrected chi connectivity index (χ1v) is 6.85. The minimum atomic E-state index is 0.673. The Bertz CT molecular complexity index is 275. The van der Waals surface area contributed by atoms with Crippen LogP contribution < -0.4 is 0 Å². The lowest BCUT2D eigenvalue weighted by atomic mass is 10.0. The molecule has 0 saturated heterocycles. The highest BCUT2D eigenvalue weighted by Crippen LogP contribution is 2.24. The summed E-state index contributed by atoms with van der Waals surface area (Å²) in [5.41, 5.74) is 0.951. The van der Waals surface area contributed by atoms with Crippen LogP contribution >= 0.6 is 27.7 Å². The number of oxazole rings is 1. The topological polar surface area (TPSA) is 26.0 Å². The Labute approximate surface area is 98.0 Å². The van der Waals surface area contributed by atoms with Crippen molar-refractivity contribution < 1.29 is 4.42 Å². The molecular weight excluding hydrogens is 262 g/mol. The molecule has 1 aromatic heterocycles. The zero-order valence-electron chi connectivity index (χ0n) is 8.79. The SMILES string of the molecule is Cc1coc(SCC(CBr)C(C)C)n1. The van der Waals surface area contributed by atoms with Gasteiger partial charge in [-0.1, -0.05) is 41.5 Å². The van der Waals surface area contributed by atoms with Crippen molar-refractivity contribution in [3.63, 3.8) is 0 Å². The van der Waals surface area contributed by atoms with Gasteiger partial charge in [0.05, 0.1) is 5.69 Å². The fraction of sp³-hybridized carbons (Fsp3) is 0.700. The monoisotopic (exact) mass is 277 g/mol. The van der Waals surface area contributed by atoms with Gasteiger partial charge in [-0.25, -0.2) is 4.98 Å². The minimum Gasteiger partial charge on any atom is -0.440 e. The van der Waals surface area contributed by atoms with Gasteiger partial charge in [0.2, 0.25) is 0 Å². The molecule has 4 heteroatoms. The van der Waals surface area contributed by atoms with Gasteiger partial charge in [0.15, 0.2) is 0 Å². The third-order valence-corrected chi connectivity index (χ3v) is 4.02. The van der Waals surface area contributed by atoms with E-state index in [4.69, 9.17) is 4.42 Å². The summed E-state index contributed by atoms with van der Waals surface area (Å²) in [5, 5.41) is 1.83. The number of hydrogen-bond donors (Lipinski definition) is 0. The van der Waals surface area contributed by atoms with Crippen molar-refractivity contribution in [2.45, 2.75) is 26.0 Å². The summed E-state index contributed by atoms with van der Waals surface area (Å²) in [7, 11) is 0. The predicted octanol–water partition coefficient (Wildman–Crippen LogP) is 3.74. The van der Waals surface area contributed by atoms with Crippen molar-refractivity contribution in [1.82, 2.24) is 4.98 Å². The molecular formula is C10H16BrNOS. The van der Waals surface area contributed by atoms with Crippen LogP contribution in [-0.2, 0) is 0 Å². The number of aromatic nitrogens is 1. The van der Waals surface area contributed by atoms with Crippen LogP contribution in [0.15, 0.2) is 15.9 Å². The van der Waals surface area contributed by atoms with E-state index in [1.54, 1.807) is 18.0 Å². The molecule has 1 heterocycles. The molecule has 0 N–H and O–H groups in total. The summed E-state index contributed by atoms with van der Waals surface area (Å²) < 4.78 is 5.28. The van der Waals surface area contributed by atoms with Crippen LogP contribution in [0.3, 0.4) is 0 Å². The summed E-state index contributed by atoms with van der Waals surface area (Å²) in [6.07, 6.45) is 1.70. The minimum absolute atomic E-state index is 0.673. The Morgan fingerprint density at radius 1 is 1.57 bits per heavy atom. The van der Waals surface area contributed by atoms with Gasteiger partial charge < -0.3 is 4.42 Å². The number of halogens is 1. The first-order chi connectivity index (χ1) is 6.63. The molecule has 80 valence electrons. The highest BCUT2D eigenvalue weighted by molar-refractivity contribution is 9.09. The van der Waals surface area contributed by atoms with Crippen LogP contribution in [0.5, 0.6) is 0 Å². The number of nitrogens with zero attached hydrogens (tertiary/aromatic N) is 1. The highest BCUT2D eigenvalue weighted by Gasteiger charge is 2.13. The molecule has 0 radical (unpaired) electrons. The molecule has 0 fully saturated rings. The molecule has 0 aliphatic carbocycles. The summed E-state index contributed by atoms with van der Waals surface area (Å²) in [6.45, 7) is 6.43. The van der Waals surface area contributed by atoms with E-state index in [1.165, 1.54) is 0 Å². The van der Waals surface area contributed by atoms with Crippen molar-refractivity contribution >= 4 is 27.7 Å². The predicted molar refractivity (Wildman–Crippen MR) is 64.1 cm³/mol. The fourth-order valence-corrected chi connectivity index (χ4v) is 3.46. The molecule has 14 heavy (non-hydrogen) atoms. The lowest BCUT2D eigenvalue weighted by Crippen LogP contribution is -2.12. The van der Waals surface area contributed by atoms with Gasteiger partial charge in [-0.05, 0) is 18.8 Å². The number of aryl methyl sites for hydroxylation is 1. The molecule has 1 atom stereocenters. The zero-order chi connectivity index (χ0) is 10.6. The maximum atomic E-state index is 5.28. The van der Waals surface area contributed by atoms with Crippen LogP contribution in [0.1, 0.15) is 19.5 Å². The van der Waals surface area contributed by atoms with E-state index >= 15 is 0 Å². The van der Waals surface area contributed by atoms with Crippen LogP contribution in [0.2, 0.25) is 0 Å². The molecule has 0 bridgehead atoms. The van der Waals surface area contributed by atoms with E-state index in [2.05, 4.69) is 34.8 Å². The summed E-state index contributed by atoms with van der Waals surface area (Å²) >= 11 is 5.23. The van der Waals surface area contributed by atoms with Gasteiger partial charge in [0, 0.05) is 11.1 Å². The average Bonchev–Trinajstić information content (AvgIpc) is 2.52. The molecule has 0 aliphatic rings. The molecule has 0 aliphatic heterocycles. The molecule has 1 unspecified atom stereocenters. The number of rotatable bonds is 5. The first-order valence-electron chi connectivity index (χ1n) is 4.74. The fourth-order valence-electron chi connectivity index (χ4n) is 0.992. The van der Waals surface area contributed by atoms with Crippen LogP contribution in [-0.4, -0.2) is 16.1 Å². The highest BCUT2D eigenvalue weighted by atomic mass is 79.9. The lowest BCUT2D eigenvalue weighted by molar-refractivity contribution is 0.446. The maximum absolute atomic E-state index is 5.28. The van der Waals surface area contributed by atoms with E-state index < -0.39 is 0 Å². The number of alkyl halides is 1. The van der Waals surface area contributed by atoms with Crippen LogP contribution in [0.4, 0.5) is 0 Å². The second-order valence-electron chi connectivity index (χ2n) is 3.72. The van der Waals surface area contributed by atoms with Crippen molar-refractivity contribution in [3.8, 4) is 0 Å². The van der Waals surface area contributed by atoms with Crippen LogP contribution in [0.25, 0.3) is 0 Å². The standard InChI is InChI=1S/C10H16BrNOS/c1-7(2)9(4-11)6-14-10-12-8(3)5-13-10/h5,7,9H,4,6H2,1-3H3. The van der Waals surface area contributed by atoms with Gasteiger partial charge in [-0.3, -0.25) is 0 Å². The lowest BCUT2D eigenvalue weighted by Gasteiger charge is -2.16. The molecule has 0 saturated carbocycles. The van der Waals surface area contributed by atoms with E-state index in [1.807, 2.05) is 6.92 Å². The van der Waals surface area contributed by atoms with Crippen molar-refractivity contribution in [1.29, 1.82) is 0 Å². The Balaban J connectivity index is 2.39. The van der Waals surface area contributed by atoms with Gasteiger partial charge in [-0.2, -0.15) is 0 Å². The first kappa shape index (κ1) is 12.1. The molecule has 0 amide bonds. The van der Waals surface area contributed by atoms with Crippen molar-refractivity contribution in [2.24, 2.45) is 11.8 Å². The van der Waals surface area contributed by atoms with Crippen molar-refractivity contribution in [2.75, 3.05) is 11.1 Å². The molecule has 0 aromatic carbocycles. The van der Waals surface area contributed by atoms with Gasteiger partial charge >= 0.3 is 0 Å². The Kier molecular flexibility index (Phi) is 5.02. The van der Waals surface area contributed by atoms with Crippen LogP contribution in [0, 0.1) is 18.8 Å². The quantitative estimate of drug-likeness (QED) is 0.606. The van der Waals surface area contributed by atoms with E-state index in [0.717, 1.165) is 22.0 Å². The molecule has 0 spiro atoms. The van der Waals surface area contributed by atoms with E-state index in [9.17, 15) is 0 Å². The average molecular weight is 278 g/mol. The van der Waals surface area contributed by atoms with Gasteiger partial charge in [0.25, 0.3) is 5.22 Å². The Hall–Kier alpha value is 0.0400. The molecule has 1 rings (SSSR count). The van der Waals surface area contributed by atoms with Gasteiger partial charge in [-0.15, -0.1) is 0 Å². The largest absolute Gasteiger partial charge is 0.440 e. The number of hydrogen-bond acceptors (Lipinski definition) is 3. The molecule has 2 nitrogen and oxygen atoms in total. The summed E-state index contributed by atoms with van der Waals surface area (Å²) in [5.74, 6) is 2.42. The normalized spacial score (nSPS) is 13.5. The smallest absolute Gasteiger partial charge is 0.255 e. The van der Waals surface area contributed by atoms with Gasteiger partial charge in [0.1, 0.15) is 6.26 Å². The second-order valence-corrected chi connectivity index (χ2v) is 5.34. The van der Waals surface area contributed by atoms with E-state index in [-0.39, 0.29) is 0 Å². The summed E-state index contributed by atoms with van der Waals surface area (Å²) in [4.78, 5) is 4.26. The zero-order valence-corrected chi connectivity index (χ0v) is 11.2. The number of thioether (sulfide) groups is 1. The van der Waals surface area contributed by atoms with E-state index in [0.29, 0.717) is 11.8 Å². The summed E-state index contributed by atoms with van der Waals surface area (Å²) in [6, 6.07) is 0. The third kappa shape index (κ3) is 3.65.